The minimum Gasteiger partial charge on any atom is -0.449 e. The molecule has 1 aromatic carbocycles. The van der Waals surface area contributed by atoms with Gasteiger partial charge in [0.15, 0.2) is 0 Å². The highest BCUT2D eigenvalue weighted by molar-refractivity contribution is 5.95. The molecule has 2 N–H and O–H groups in total. The van der Waals surface area contributed by atoms with Crippen molar-refractivity contribution in [3.63, 3.8) is 0 Å². The average molecular weight is 261 g/mol. The van der Waals surface area contributed by atoms with E-state index >= 15 is 0 Å². The predicted octanol–water partition coefficient (Wildman–Crippen LogP) is 2.07. The van der Waals surface area contributed by atoms with Crippen LogP contribution in [0.4, 0.5) is 4.79 Å². The zero-order valence-electron chi connectivity index (χ0n) is 11.2. The van der Waals surface area contributed by atoms with Gasteiger partial charge in [0.2, 0.25) is 5.96 Å². The highest BCUT2D eigenvalue weighted by atomic mass is 16.5. The Balaban J connectivity index is 1.80. The molecule has 0 radical (unpaired) electrons. The lowest BCUT2D eigenvalue weighted by atomic mass is 10.1. The summed E-state index contributed by atoms with van der Waals surface area (Å²) in [6, 6.07) is 10.1. The standard InChI is InChI=1S/C14H19N3O2/c1-10(2)9-19-14(18)17-13-15-8-12(16-13)11-6-4-3-5-7-11/h3-7,10,12H,8-9H2,1-2H3,(H2,15,16,17,18). The average Bonchev–Trinajstić information content (AvgIpc) is 2.86. The minimum absolute atomic E-state index is 0.113. The molecule has 0 fully saturated rings. The van der Waals surface area contributed by atoms with Crippen molar-refractivity contribution >= 4 is 12.1 Å². The van der Waals surface area contributed by atoms with Crippen LogP contribution in [-0.2, 0) is 4.74 Å². The van der Waals surface area contributed by atoms with Crippen molar-refractivity contribution in [1.82, 2.24) is 10.6 Å². The number of hydrogen-bond donors (Lipinski definition) is 2. The molecule has 1 aliphatic rings. The van der Waals surface area contributed by atoms with Crippen molar-refractivity contribution < 1.29 is 9.53 Å². The number of aliphatic imine (C=N–C) groups is 1. The molecule has 1 heterocycles. The van der Waals surface area contributed by atoms with E-state index in [9.17, 15) is 4.79 Å². The Bertz CT molecular complexity index is 457. The minimum atomic E-state index is -0.464. The molecule has 0 saturated heterocycles. The number of nitrogens with one attached hydrogen (secondary N) is 2. The zero-order chi connectivity index (χ0) is 13.7. The summed E-state index contributed by atoms with van der Waals surface area (Å²) in [6.07, 6.45) is -0.464. The largest absolute Gasteiger partial charge is 0.449 e. The second kappa shape index (κ2) is 6.22. The zero-order valence-corrected chi connectivity index (χ0v) is 11.2. The lowest BCUT2D eigenvalue weighted by Gasteiger charge is -2.13. The number of amides is 1. The maximum absolute atomic E-state index is 11.5. The van der Waals surface area contributed by atoms with Crippen LogP contribution in [-0.4, -0.2) is 25.2 Å². The first-order chi connectivity index (χ1) is 9.15. The SMILES string of the molecule is CC(C)COC(=O)NC1=NCC(c2ccccc2)N1. The monoisotopic (exact) mass is 261 g/mol. The van der Waals surface area contributed by atoms with Gasteiger partial charge < -0.3 is 10.1 Å². The van der Waals surface area contributed by atoms with E-state index in [-0.39, 0.29) is 6.04 Å². The molecule has 1 amide bonds. The van der Waals surface area contributed by atoms with Crippen LogP contribution in [0.3, 0.4) is 0 Å². The van der Waals surface area contributed by atoms with Gasteiger partial charge >= 0.3 is 6.09 Å². The number of alkyl carbamates (subject to hydrolysis) is 1. The van der Waals surface area contributed by atoms with Crippen molar-refractivity contribution in [2.45, 2.75) is 19.9 Å². The van der Waals surface area contributed by atoms with Gasteiger partial charge in [-0.15, -0.1) is 0 Å². The summed E-state index contributed by atoms with van der Waals surface area (Å²) in [7, 11) is 0. The Morgan fingerprint density at radius 3 is 2.89 bits per heavy atom. The normalized spacial score (nSPS) is 17.8. The summed E-state index contributed by atoms with van der Waals surface area (Å²) in [5.41, 5.74) is 1.15. The van der Waals surface area contributed by atoms with Gasteiger partial charge in [-0.2, -0.15) is 0 Å². The quantitative estimate of drug-likeness (QED) is 0.875. The second-order valence-electron chi connectivity index (χ2n) is 4.91. The van der Waals surface area contributed by atoms with E-state index in [4.69, 9.17) is 4.74 Å². The third-order valence-corrected chi connectivity index (χ3v) is 2.71. The van der Waals surface area contributed by atoms with E-state index < -0.39 is 6.09 Å². The molecule has 1 aromatic rings. The Labute approximate surface area is 113 Å². The van der Waals surface area contributed by atoms with Crippen LogP contribution in [0.2, 0.25) is 0 Å². The van der Waals surface area contributed by atoms with Crippen molar-refractivity contribution in [2.75, 3.05) is 13.2 Å². The van der Waals surface area contributed by atoms with Gasteiger partial charge in [-0.1, -0.05) is 44.2 Å². The van der Waals surface area contributed by atoms with E-state index in [2.05, 4.69) is 15.6 Å². The van der Waals surface area contributed by atoms with Gasteiger partial charge in [-0.3, -0.25) is 10.3 Å². The first-order valence-corrected chi connectivity index (χ1v) is 6.45. The fourth-order valence-electron chi connectivity index (χ4n) is 1.76. The molecular formula is C14H19N3O2. The van der Waals surface area contributed by atoms with Crippen LogP contribution in [0.1, 0.15) is 25.5 Å². The highest BCUT2D eigenvalue weighted by Crippen LogP contribution is 2.15. The van der Waals surface area contributed by atoms with E-state index in [0.717, 1.165) is 5.56 Å². The third kappa shape index (κ3) is 3.98. The first kappa shape index (κ1) is 13.4. The van der Waals surface area contributed by atoms with Crippen molar-refractivity contribution in [2.24, 2.45) is 10.9 Å². The number of carbonyl (C=O) groups is 1. The van der Waals surface area contributed by atoms with Crippen LogP contribution in [0.15, 0.2) is 35.3 Å². The Morgan fingerprint density at radius 1 is 1.47 bits per heavy atom. The summed E-state index contributed by atoms with van der Waals surface area (Å²) < 4.78 is 5.04. The van der Waals surface area contributed by atoms with Gasteiger partial charge in [0, 0.05) is 0 Å². The fraction of sp³-hybridized carbons (Fsp3) is 0.429. The topological polar surface area (TPSA) is 62.7 Å². The summed E-state index contributed by atoms with van der Waals surface area (Å²) in [4.78, 5) is 15.7. The van der Waals surface area contributed by atoms with Crippen molar-refractivity contribution in [3.05, 3.63) is 35.9 Å². The molecule has 102 valence electrons. The maximum atomic E-state index is 11.5. The van der Waals surface area contributed by atoms with Gasteiger partial charge in [-0.25, -0.2) is 4.79 Å². The molecule has 1 aliphatic heterocycles. The van der Waals surface area contributed by atoms with Crippen molar-refractivity contribution in [3.8, 4) is 0 Å². The smallest absolute Gasteiger partial charge is 0.413 e. The van der Waals surface area contributed by atoms with E-state index in [0.29, 0.717) is 25.0 Å². The number of nitrogens with zero attached hydrogens (tertiary/aromatic N) is 1. The van der Waals surface area contributed by atoms with Crippen LogP contribution < -0.4 is 10.6 Å². The summed E-state index contributed by atoms with van der Waals surface area (Å²) in [5, 5.41) is 5.78. The number of rotatable bonds is 3. The lowest BCUT2D eigenvalue weighted by molar-refractivity contribution is 0.138. The first-order valence-electron chi connectivity index (χ1n) is 6.45. The van der Waals surface area contributed by atoms with Crippen LogP contribution in [0.5, 0.6) is 0 Å². The molecule has 2 rings (SSSR count). The van der Waals surface area contributed by atoms with Gasteiger partial charge in [0.1, 0.15) is 0 Å². The molecular weight excluding hydrogens is 242 g/mol. The van der Waals surface area contributed by atoms with Crippen LogP contribution in [0.25, 0.3) is 0 Å². The Kier molecular flexibility index (Phi) is 4.39. The molecule has 0 aromatic heterocycles. The highest BCUT2D eigenvalue weighted by Gasteiger charge is 2.20. The predicted molar refractivity (Wildman–Crippen MR) is 73.9 cm³/mol. The molecule has 0 bridgehead atoms. The summed E-state index contributed by atoms with van der Waals surface area (Å²) >= 11 is 0. The van der Waals surface area contributed by atoms with Gasteiger partial charge in [-0.05, 0) is 11.5 Å². The van der Waals surface area contributed by atoms with E-state index in [1.165, 1.54) is 0 Å². The number of benzene rings is 1. The number of carbonyl (C=O) groups excluding carboxylic acids is 1. The molecule has 0 spiro atoms. The number of guanidine groups is 1. The molecule has 19 heavy (non-hydrogen) atoms. The number of hydrogen-bond acceptors (Lipinski definition) is 4. The fourth-order valence-corrected chi connectivity index (χ4v) is 1.76. The molecule has 1 atom stereocenters. The van der Waals surface area contributed by atoms with Crippen LogP contribution >= 0.6 is 0 Å². The molecule has 0 saturated carbocycles. The van der Waals surface area contributed by atoms with Crippen molar-refractivity contribution in [1.29, 1.82) is 0 Å². The van der Waals surface area contributed by atoms with Gasteiger partial charge in [0.05, 0.1) is 19.2 Å². The van der Waals surface area contributed by atoms with E-state index in [1.807, 2.05) is 44.2 Å². The maximum Gasteiger partial charge on any atom is 0.413 e. The molecule has 5 nitrogen and oxygen atoms in total. The van der Waals surface area contributed by atoms with E-state index in [1.54, 1.807) is 0 Å². The summed E-state index contributed by atoms with van der Waals surface area (Å²) in [5.74, 6) is 0.795. The summed E-state index contributed by atoms with van der Waals surface area (Å²) in [6.45, 7) is 5.00. The molecule has 5 heteroatoms. The Hall–Kier alpha value is -2.04. The molecule has 1 unspecified atom stereocenters. The molecule has 0 aliphatic carbocycles. The lowest BCUT2D eigenvalue weighted by Crippen LogP contribution is -2.39. The second-order valence-corrected chi connectivity index (χ2v) is 4.91. The van der Waals surface area contributed by atoms with Crippen LogP contribution in [0, 0.1) is 5.92 Å². The third-order valence-electron chi connectivity index (χ3n) is 2.71. The number of ether oxygens (including phenoxy) is 1. The Morgan fingerprint density at radius 2 is 2.21 bits per heavy atom. The van der Waals surface area contributed by atoms with Gasteiger partial charge in [0.25, 0.3) is 0 Å².